The monoisotopic (exact) mass is 350 g/mol. The Hall–Kier alpha value is -2.15. The Labute approximate surface area is 142 Å². The third-order valence-corrected chi connectivity index (χ3v) is 5.82. The lowest BCUT2D eigenvalue weighted by atomic mass is 10.1. The molecule has 130 valence electrons. The van der Waals surface area contributed by atoms with E-state index in [0.717, 1.165) is 17.1 Å². The van der Waals surface area contributed by atoms with Gasteiger partial charge in [0.05, 0.1) is 4.90 Å². The first-order valence-electron chi connectivity index (χ1n) is 8.01. The van der Waals surface area contributed by atoms with Gasteiger partial charge in [-0.3, -0.25) is 13.9 Å². The molecule has 0 fully saturated rings. The van der Waals surface area contributed by atoms with Crippen LogP contribution in [0.1, 0.15) is 50.4 Å². The lowest BCUT2D eigenvalue weighted by molar-refractivity contribution is -0.120. The second-order valence-electron chi connectivity index (χ2n) is 5.62. The fourth-order valence-electron chi connectivity index (χ4n) is 2.71. The number of benzene rings is 1. The number of rotatable bonds is 5. The van der Waals surface area contributed by atoms with Crippen LogP contribution in [0.2, 0.25) is 0 Å². The molecule has 24 heavy (non-hydrogen) atoms. The topological polar surface area (TPSA) is 83.5 Å². The summed E-state index contributed by atoms with van der Waals surface area (Å²) < 4.78 is 26.6. The molecule has 7 heteroatoms. The molecule has 1 aliphatic heterocycles. The van der Waals surface area contributed by atoms with Crippen molar-refractivity contribution in [2.24, 2.45) is 0 Å². The summed E-state index contributed by atoms with van der Waals surface area (Å²) >= 11 is 0. The Morgan fingerprint density at radius 2 is 1.88 bits per heavy atom. The van der Waals surface area contributed by atoms with E-state index in [9.17, 15) is 18.0 Å². The number of fused-ring (bicyclic) bond motifs is 1. The maximum atomic E-state index is 12.8. The van der Waals surface area contributed by atoms with E-state index in [1.54, 1.807) is 26.0 Å². The van der Waals surface area contributed by atoms with E-state index in [1.807, 2.05) is 6.92 Å². The molecule has 1 amide bonds. The fraction of sp³-hybridized carbons (Fsp3) is 0.412. The first-order chi connectivity index (χ1) is 11.3. The minimum atomic E-state index is -3.81. The maximum absolute atomic E-state index is 12.8. The van der Waals surface area contributed by atoms with Crippen LogP contribution in [0.5, 0.6) is 0 Å². The molecule has 1 aromatic rings. The van der Waals surface area contributed by atoms with Crippen LogP contribution < -0.4 is 5.32 Å². The van der Waals surface area contributed by atoms with Gasteiger partial charge in [-0.2, -0.15) is 0 Å². The molecule has 0 unspecified atom stereocenters. The summed E-state index contributed by atoms with van der Waals surface area (Å²) in [5.74, 6) is -0.613. The molecule has 2 rings (SSSR count). The Kier molecular flexibility index (Phi) is 5.43. The van der Waals surface area contributed by atoms with Crippen molar-refractivity contribution in [2.45, 2.75) is 44.9 Å². The molecule has 1 aromatic carbocycles. The van der Waals surface area contributed by atoms with E-state index < -0.39 is 15.8 Å². The number of amides is 1. The average molecular weight is 350 g/mol. The highest BCUT2D eigenvalue weighted by Crippen LogP contribution is 2.32. The molecular formula is C17H22N2O4S. The van der Waals surface area contributed by atoms with Crippen LogP contribution in [0.3, 0.4) is 0 Å². The van der Waals surface area contributed by atoms with Crippen LogP contribution in [0.25, 0.3) is 0 Å². The van der Waals surface area contributed by atoms with Crippen molar-refractivity contribution in [1.29, 1.82) is 0 Å². The first-order valence-corrected chi connectivity index (χ1v) is 9.45. The molecule has 0 spiro atoms. The highest BCUT2D eigenvalue weighted by atomic mass is 32.2. The van der Waals surface area contributed by atoms with E-state index in [0.29, 0.717) is 6.42 Å². The van der Waals surface area contributed by atoms with Crippen molar-refractivity contribution in [3.05, 3.63) is 41.2 Å². The summed E-state index contributed by atoms with van der Waals surface area (Å²) in [6, 6.07) is 6.14. The molecule has 1 aliphatic rings. The zero-order valence-electron chi connectivity index (χ0n) is 14.1. The molecule has 0 aromatic heterocycles. The maximum Gasteiger partial charge on any atom is 0.265 e. The number of hydrogen-bond donors (Lipinski definition) is 1. The highest BCUT2D eigenvalue weighted by molar-refractivity contribution is 7.89. The second kappa shape index (κ2) is 7.17. The number of likely N-dealkylation sites (N-methyl/N-ethyl adjacent to an activating group) is 1. The predicted molar refractivity (Wildman–Crippen MR) is 90.7 cm³/mol. The van der Waals surface area contributed by atoms with Crippen LogP contribution in [0.4, 0.5) is 0 Å². The molecule has 1 heterocycles. The number of carbonyl (C=O) groups excluding carboxylic acids is 2. The Morgan fingerprint density at radius 1 is 1.21 bits per heavy atom. The van der Waals surface area contributed by atoms with E-state index in [4.69, 9.17) is 0 Å². The summed E-state index contributed by atoms with van der Waals surface area (Å²) in [5, 5.41) is 2.66. The molecular weight excluding hydrogens is 328 g/mol. The van der Waals surface area contributed by atoms with Crippen molar-refractivity contribution in [3.8, 4) is 0 Å². The standard InChI is InChI=1S/C17H22N2O4S/c1-4-6-11-15(20)18-12(3)16-17(21)13-9-7-8-10-14(13)24(22,23)19(16)5-2/h7-10H,4-6,11H2,1-3H3,(H,18,20)/b16-12-. The van der Waals surface area contributed by atoms with Gasteiger partial charge in [0.15, 0.2) is 0 Å². The number of hydrogen-bond acceptors (Lipinski definition) is 4. The Bertz CT molecular complexity index is 797. The fourth-order valence-corrected chi connectivity index (χ4v) is 4.44. The van der Waals surface area contributed by atoms with Gasteiger partial charge in [-0.1, -0.05) is 25.5 Å². The summed E-state index contributed by atoms with van der Waals surface area (Å²) in [6.07, 6.45) is 1.95. The summed E-state index contributed by atoms with van der Waals surface area (Å²) in [7, 11) is -3.81. The number of unbranched alkanes of at least 4 members (excludes halogenated alkanes) is 1. The van der Waals surface area contributed by atoms with E-state index in [-0.39, 0.29) is 34.3 Å². The molecule has 6 nitrogen and oxygen atoms in total. The Morgan fingerprint density at radius 3 is 2.50 bits per heavy atom. The molecule has 0 bridgehead atoms. The van der Waals surface area contributed by atoms with Crippen LogP contribution >= 0.6 is 0 Å². The zero-order chi connectivity index (χ0) is 17.9. The van der Waals surface area contributed by atoms with Crippen molar-refractivity contribution in [3.63, 3.8) is 0 Å². The van der Waals surface area contributed by atoms with Gasteiger partial charge in [-0.15, -0.1) is 0 Å². The number of allylic oxidation sites excluding steroid dienone is 2. The molecule has 1 N–H and O–H groups in total. The summed E-state index contributed by atoms with van der Waals surface area (Å²) in [5.41, 5.74) is 0.418. The second-order valence-corrected chi connectivity index (χ2v) is 7.45. The van der Waals surface area contributed by atoms with Gasteiger partial charge in [0.2, 0.25) is 11.7 Å². The summed E-state index contributed by atoms with van der Waals surface area (Å²) in [4.78, 5) is 24.7. The van der Waals surface area contributed by atoms with Crippen LogP contribution in [-0.2, 0) is 14.8 Å². The smallest absolute Gasteiger partial charge is 0.265 e. The largest absolute Gasteiger partial charge is 0.328 e. The Balaban J connectivity index is 2.51. The molecule has 0 saturated carbocycles. The zero-order valence-corrected chi connectivity index (χ0v) is 14.9. The minimum Gasteiger partial charge on any atom is -0.328 e. The lowest BCUT2D eigenvalue weighted by Crippen LogP contribution is -2.41. The number of nitrogens with one attached hydrogen (secondary N) is 1. The van der Waals surface area contributed by atoms with Crippen LogP contribution in [0, 0.1) is 0 Å². The quantitative estimate of drug-likeness (QED) is 0.827. The van der Waals surface area contributed by atoms with E-state index in [1.165, 1.54) is 12.1 Å². The predicted octanol–water partition coefficient (Wildman–Crippen LogP) is 2.43. The number of carbonyl (C=O) groups is 2. The number of ketones is 1. The third-order valence-electron chi connectivity index (χ3n) is 3.89. The molecule has 0 saturated heterocycles. The number of sulfonamides is 1. The number of nitrogens with zero attached hydrogens (tertiary/aromatic N) is 1. The third kappa shape index (κ3) is 3.21. The van der Waals surface area contributed by atoms with E-state index in [2.05, 4.69) is 5.32 Å². The van der Waals surface area contributed by atoms with Crippen molar-refractivity contribution in [2.75, 3.05) is 6.54 Å². The normalized spacial score (nSPS) is 18.1. The SMILES string of the molecule is CCCCC(=O)N/C(C)=C1/C(=O)c2ccccc2S(=O)(=O)N1CC. The molecule has 0 atom stereocenters. The van der Waals surface area contributed by atoms with Crippen molar-refractivity contribution >= 4 is 21.7 Å². The van der Waals surface area contributed by atoms with Gasteiger partial charge in [-0.05, 0) is 32.4 Å². The van der Waals surface area contributed by atoms with Crippen molar-refractivity contribution < 1.29 is 18.0 Å². The van der Waals surface area contributed by atoms with Gasteiger partial charge in [0.25, 0.3) is 10.0 Å². The van der Waals surface area contributed by atoms with E-state index >= 15 is 0 Å². The lowest BCUT2D eigenvalue weighted by Gasteiger charge is -2.31. The van der Waals surface area contributed by atoms with Gasteiger partial charge in [0, 0.05) is 24.2 Å². The van der Waals surface area contributed by atoms with Gasteiger partial charge >= 0.3 is 0 Å². The molecule has 0 aliphatic carbocycles. The summed E-state index contributed by atoms with van der Waals surface area (Å²) in [6.45, 7) is 5.31. The van der Waals surface area contributed by atoms with Crippen molar-refractivity contribution in [1.82, 2.24) is 9.62 Å². The average Bonchev–Trinajstić information content (AvgIpc) is 2.55. The first kappa shape index (κ1) is 18.2. The van der Waals surface area contributed by atoms with Crippen LogP contribution in [0.15, 0.2) is 40.6 Å². The number of Topliss-reactive ketones (excluding diaryl/α,β-unsaturated/α-hetero) is 1. The van der Waals surface area contributed by atoms with Gasteiger partial charge < -0.3 is 5.32 Å². The highest BCUT2D eigenvalue weighted by Gasteiger charge is 2.39. The minimum absolute atomic E-state index is 0.00529. The van der Waals surface area contributed by atoms with Gasteiger partial charge in [0.1, 0.15) is 5.70 Å². The van der Waals surface area contributed by atoms with Gasteiger partial charge in [-0.25, -0.2) is 8.42 Å². The van der Waals surface area contributed by atoms with Crippen LogP contribution in [-0.4, -0.2) is 31.0 Å². The molecule has 0 radical (unpaired) electrons.